The van der Waals surface area contributed by atoms with Crippen molar-refractivity contribution >= 4 is 17.2 Å². The van der Waals surface area contributed by atoms with Crippen LogP contribution in [0.25, 0.3) is 0 Å². The second-order valence-electron chi connectivity index (χ2n) is 3.72. The molecule has 0 saturated heterocycles. The van der Waals surface area contributed by atoms with Gasteiger partial charge < -0.3 is 15.2 Å². The molecule has 0 spiro atoms. The summed E-state index contributed by atoms with van der Waals surface area (Å²) in [4.78, 5) is 4.29. The Balaban J connectivity index is 2.34. The van der Waals surface area contributed by atoms with Crippen LogP contribution >= 0.6 is 12.2 Å². The molecule has 1 aromatic heterocycles. The van der Waals surface area contributed by atoms with Gasteiger partial charge in [0.15, 0.2) is 17.2 Å². The number of hydrogen-bond donors (Lipinski definition) is 1. The number of benzene rings is 1. The normalized spacial score (nSPS) is 9.95. The van der Waals surface area contributed by atoms with Gasteiger partial charge in [-0.15, -0.1) is 0 Å². The zero-order valence-electron chi connectivity index (χ0n) is 10.5. The van der Waals surface area contributed by atoms with Gasteiger partial charge in [0.2, 0.25) is 0 Å². The number of nitrogens with zero attached hydrogens (tertiary/aromatic N) is 1. The summed E-state index contributed by atoms with van der Waals surface area (Å²) in [6.45, 7) is 2.48. The molecule has 0 unspecified atom stereocenters. The van der Waals surface area contributed by atoms with Gasteiger partial charge in [-0.2, -0.15) is 0 Å². The number of pyridine rings is 1. The summed E-state index contributed by atoms with van der Waals surface area (Å²) in [5.74, 6) is 1.79. The Bertz CT molecular complexity index is 587. The summed E-state index contributed by atoms with van der Waals surface area (Å²) in [6, 6.07) is 9.14. The lowest BCUT2D eigenvalue weighted by Gasteiger charge is -2.13. The van der Waals surface area contributed by atoms with E-state index in [1.165, 1.54) is 0 Å². The minimum atomic E-state index is 0.270. The lowest BCUT2D eigenvalue weighted by Crippen LogP contribution is -2.11. The zero-order valence-corrected chi connectivity index (χ0v) is 11.3. The maximum Gasteiger partial charge on any atom is 0.169 e. The van der Waals surface area contributed by atoms with Gasteiger partial charge in [-0.1, -0.05) is 24.4 Å². The quantitative estimate of drug-likeness (QED) is 0.850. The number of rotatable bonds is 5. The van der Waals surface area contributed by atoms with Crippen molar-refractivity contribution in [3.63, 3.8) is 0 Å². The van der Waals surface area contributed by atoms with Gasteiger partial charge in [-0.05, 0) is 25.1 Å². The summed E-state index contributed by atoms with van der Waals surface area (Å²) in [6.07, 6.45) is 3.20. The number of ether oxygens (including phenoxy) is 2. The van der Waals surface area contributed by atoms with E-state index >= 15 is 0 Å². The Morgan fingerprint density at radius 2 is 1.95 bits per heavy atom. The van der Waals surface area contributed by atoms with E-state index in [1.54, 1.807) is 18.5 Å². The van der Waals surface area contributed by atoms with Gasteiger partial charge in [0.25, 0.3) is 0 Å². The van der Waals surface area contributed by atoms with E-state index in [2.05, 4.69) is 4.98 Å². The average molecular weight is 274 g/mol. The molecular formula is C14H14N2O2S. The van der Waals surface area contributed by atoms with Gasteiger partial charge in [0.1, 0.15) is 4.99 Å². The maximum atomic E-state index is 5.80. The molecule has 0 radical (unpaired) electrons. The lowest BCUT2D eigenvalue weighted by atomic mass is 10.2. The smallest absolute Gasteiger partial charge is 0.169 e. The fourth-order valence-electron chi connectivity index (χ4n) is 1.59. The molecule has 0 amide bonds. The Morgan fingerprint density at radius 1 is 1.21 bits per heavy atom. The number of thiocarbonyl (C=S) groups is 1. The maximum absolute atomic E-state index is 5.80. The van der Waals surface area contributed by atoms with E-state index in [0.29, 0.717) is 29.4 Å². The molecule has 2 aromatic rings. The second-order valence-corrected chi connectivity index (χ2v) is 4.16. The molecule has 19 heavy (non-hydrogen) atoms. The summed E-state index contributed by atoms with van der Waals surface area (Å²) < 4.78 is 11.3. The van der Waals surface area contributed by atoms with E-state index in [9.17, 15) is 0 Å². The van der Waals surface area contributed by atoms with Gasteiger partial charge in [0.05, 0.1) is 18.4 Å². The molecule has 2 rings (SSSR count). The van der Waals surface area contributed by atoms with Crippen molar-refractivity contribution in [3.8, 4) is 17.2 Å². The van der Waals surface area contributed by atoms with Crippen LogP contribution in [-0.4, -0.2) is 16.6 Å². The number of para-hydroxylation sites is 2. The average Bonchev–Trinajstić information content (AvgIpc) is 2.42. The second kappa shape index (κ2) is 6.15. The monoisotopic (exact) mass is 274 g/mol. The van der Waals surface area contributed by atoms with Crippen molar-refractivity contribution in [2.24, 2.45) is 5.73 Å². The van der Waals surface area contributed by atoms with Gasteiger partial charge in [-0.3, -0.25) is 4.98 Å². The molecular weight excluding hydrogens is 260 g/mol. The van der Waals surface area contributed by atoms with Crippen molar-refractivity contribution in [3.05, 3.63) is 48.3 Å². The first-order valence-electron chi connectivity index (χ1n) is 5.86. The Morgan fingerprint density at radius 3 is 2.63 bits per heavy atom. The minimum Gasteiger partial charge on any atom is -0.490 e. The zero-order chi connectivity index (χ0) is 13.7. The third-order valence-corrected chi connectivity index (χ3v) is 2.64. The number of hydrogen-bond acceptors (Lipinski definition) is 4. The molecule has 98 valence electrons. The molecule has 0 atom stereocenters. The lowest BCUT2D eigenvalue weighted by molar-refractivity contribution is 0.321. The largest absolute Gasteiger partial charge is 0.490 e. The summed E-state index contributed by atoms with van der Waals surface area (Å²) >= 11 is 4.99. The fraction of sp³-hybridized carbons (Fsp3) is 0.143. The van der Waals surface area contributed by atoms with Crippen molar-refractivity contribution < 1.29 is 9.47 Å². The van der Waals surface area contributed by atoms with Crippen LogP contribution in [0.1, 0.15) is 12.5 Å². The van der Waals surface area contributed by atoms with Crippen LogP contribution in [0.15, 0.2) is 42.7 Å². The first-order chi connectivity index (χ1) is 9.22. The van der Waals surface area contributed by atoms with Crippen LogP contribution in [0.3, 0.4) is 0 Å². The van der Waals surface area contributed by atoms with Crippen molar-refractivity contribution in [2.75, 3.05) is 6.61 Å². The van der Waals surface area contributed by atoms with Crippen LogP contribution in [0.4, 0.5) is 0 Å². The molecule has 0 bridgehead atoms. The summed E-state index contributed by atoms with van der Waals surface area (Å²) in [5.41, 5.74) is 6.31. The van der Waals surface area contributed by atoms with Crippen molar-refractivity contribution in [1.29, 1.82) is 0 Å². The predicted molar refractivity (Wildman–Crippen MR) is 77.8 cm³/mol. The van der Waals surface area contributed by atoms with Crippen molar-refractivity contribution in [1.82, 2.24) is 4.98 Å². The molecule has 0 fully saturated rings. The van der Waals surface area contributed by atoms with Crippen LogP contribution in [0, 0.1) is 0 Å². The topological polar surface area (TPSA) is 57.4 Å². The summed E-state index contributed by atoms with van der Waals surface area (Å²) in [7, 11) is 0. The van der Waals surface area contributed by atoms with Crippen molar-refractivity contribution in [2.45, 2.75) is 6.92 Å². The molecule has 1 aromatic carbocycles. The number of nitrogens with two attached hydrogens (primary N) is 1. The highest BCUT2D eigenvalue weighted by molar-refractivity contribution is 7.80. The highest BCUT2D eigenvalue weighted by Crippen LogP contribution is 2.32. The van der Waals surface area contributed by atoms with E-state index in [4.69, 9.17) is 27.4 Å². The molecule has 0 saturated carbocycles. The SMILES string of the molecule is CCOc1ccccc1Oc1cnccc1C(N)=S. The molecule has 5 heteroatoms. The van der Waals surface area contributed by atoms with Gasteiger partial charge in [-0.25, -0.2) is 0 Å². The Hall–Kier alpha value is -2.14. The molecule has 1 heterocycles. The predicted octanol–water partition coefficient (Wildman–Crippen LogP) is 2.91. The third-order valence-electron chi connectivity index (χ3n) is 2.42. The van der Waals surface area contributed by atoms with E-state index in [0.717, 1.165) is 0 Å². The molecule has 0 aliphatic rings. The van der Waals surface area contributed by atoms with Crippen LogP contribution in [-0.2, 0) is 0 Å². The summed E-state index contributed by atoms with van der Waals surface area (Å²) in [5, 5.41) is 0. The molecule has 0 aliphatic heterocycles. The van der Waals surface area contributed by atoms with E-state index in [-0.39, 0.29) is 4.99 Å². The third kappa shape index (κ3) is 3.20. The first-order valence-corrected chi connectivity index (χ1v) is 6.26. The Kier molecular flexibility index (Phi) is 4.30. The first kappa shape index (κ1) is 13.3. The van der Waals surface area contributed by atoms with Gasteiger partial charge in [0, 0.05) is 6.20 Å². The van der Waals surface area contributed by atoms with Gasteiger partial charge >= 0.3 is 0 Å². The van der Waals surface area contributed by atoms with E-state index in [1.807, 2.05) is 31.2 Å². The fourth-order valence-corrected chi connectivity index (χ4v) is 1.76. The van der Waals surface area contributed by atoms with Crippen LogP contribution in [0.2, 0.25) is 0 Å². The standard InChI is InChI=1S/C14H14N2O2S/c1-2-17-11-5-3-4-6-12(11)18-13-9-16-8-7-10(13)14(15)19/h3-9H,2H2,1H3,(H2,15,19). The highest BCUT2D eigenvalue weighted by atomic mass is 32.1. The van der Waals surface area contributed by atoms with Crippen LogP contribution < -0.4 is 15.2 Å². The highest BCUT2D eigenvalue weighted by Gasteiger charge is 2.10. The Labute approximate surface area is 117 Å². The molecule has 0 aliphatic carbocycles. The minimum absolute atomic E-state index is 0.270. The molecule has 2 N–H and O–H groups in total. The van der Waals surface area contributed by atoms with Crippen LogP contribution in [0.5, 0.6) is 17.2 Å². The van der Waals surface area contributed by atoms with E-state index < -0.39 is 0 Å². The molecule has 4 nitrogen and oxygen atoms in total. The number of aromatic nitrogens is 1.